The van der Waals surface area contributed by atoms with Gasteiger partial charge in [-0.25, -0.2) is 4.98 Å². The third-order valence-corrected chi connectivity index (χ3v) is 3.87. The molecule has 1 fully saturated rings. The summed E-state index contributed by atoms with van der Waals surface area (Å²) in [6.07, 6.45) is 3.42. The number of rotatable bonds is 2. The second-order valence-corrected chi connectivity index (χ2v) is 5.58. The van der Waals surface area contributed by atoms with Crippen molar-refractivity contribution in [2.24, 2.45) is 0 Å². The summed E-state index contributed by atoms with van der Waals surface area (Å²) in [4.78, 5) is 37.2. The molecule has 2 aromatic rings. The first kappa shape index (κ1) is 14.4. The third-order valence-electron chi connectivity index (χ3n) is 3.87. The van der Waals surface area contributed by atoms with Crippen molar-refractivity contribution in [1.29, 1.82) is 0 Å². The van der Waals surface area contributed by atoms with Crippen molar-refractivity contribution >= 4 is 5.91 Å². The predicted octanol–water partition coefficient (Wildman–Crippen LogP) is 1.49. The van der Waals surface area contributed by atoms with E-state index in [1.165, 1.54) is 6.07 Å². The highest BCUT2D eigenvalue weighted by Gasteiger charge is 2.27. The maximum absolute atomic E-state index is 12.5. The summed E-state index contributed by atoms with van der Waals surface area (Å²) in [6.45, 7) is 3.07. The summed E-state index contributed by atoms with van der Waals surface area (Å²) in [5.74, 6) is 0.665. The number of hydrogen-bond donors (Lipinski definition) is 1. The van der Waals surface area contributed by atoms with E-state index in [9.17, 15) is 9.59 Å². The van der Waals surface area contributed by atoms with Gasteiger partial charge in [-0.15, -0.1) is 0 Å². The minimum atomic E-state index is -0.143. The van der Waals surface area contributed by atoms with Gasteiger partial charge < -0.3 is 9.88 Å². The number of aryl methyl sites for hydroxylation is 1. The molecule has 1 atom stereocenters. The fourth-order valence-electron chi connectivity index (χ4n) is 2.83. The standard InChI is InChI=1S/C16H18N4O2/c1-11-9-14(21)19-15(18-11)12-5-4-8-20(10-12)16(22)13-6-2-3-7-17-13/h2-3,6-7,9,12H,4-5,8,10H2,1H3,(H,18,19,21). The summed E-state index contributed by atoms with van der Waals surface area (Å²) >= 11 is 0. The Kier molecular flexibility index (Phi) is 4.00. The zero-order valence-corrected chi connectivity index (χ0v) is 12.5. The first-order valence-electron chi connectivity index (χ1n) is 7.41. The van der Waals surface area contributed by atoms with Crippen molar-refractivity contribution in [3.05, 3.63) is 58.0 Å². The molecule has 6 nitrogen and oxygen atoms in total. The summed E-state index contributed by atoms with van der Waals surface area (Å²) in [6, 6.07) is 6.79. The van der Waals surface area contributed by atoms with Crippen LogP contribution in [0.1, 0.15) is 40.8 Å². The number of aromatic nitrogens is 3. The quantitative estimate of drug-likeness (QED) is 0.911. The molecule has 6 heteroatoms. The summed E-state index contributed by atoms with van der Waals surface area (Å²) in [5.41, 5.74) is 1.01. The largest absolute Gasteiger partial charge is 0.337 e. The Balaban J connectivity index is 1.79. The van der Waals surface area contributed by atoms with E-state index < -0.39 is 0 Å². The Morgan fingerprint density at radius 1 is 1.41 bits per heavy atom. The number of pyridine rings is 1. The molecule has 1 saturated heterocycles. The van der Waals surface area contributed by atoms with Gasteiger partial charge in [0.05, 0.1) is 0 Å². The zero-order valence-electron chi connectivity index (χ0n) is 12.5. The van der Waals surface area contributed by atoms with Crippen molar-refractivity contribution in [2.75, 3.05) is 13.1 Å². The van der Waals surface area contributed by atoms with Crippen LogP contribution in [0.3, 0.4) is 0 Å². The molecule has 3 rings (SSSR count). The lowest BCUT2D eigenvalue weighted by Crippen LogP contribution is -2.40. The van der Waals surface area contributed by atoms with E-state index in [0.29, 0.717) is 30.3 Å². The van der Waals surface area contributed by atoms with Crippen LogP contribution in [0.5, 0.6) is 0 Å². The highest BCUT2D eigenvalue weighted by Crippen LogP contribution is 2.24. The number of piperidine rings is 1. The Labute approximate surface area is 128 Å². The van der Waals surface area contributed by atoms with Crippen LogP contribution in [0.4, 0.5) is 0 Å². The van der Waals surface area contributed by atoms with Crippen molar-refractivity contribution in [3.63, 3.8) is 0 Å². The van der Waals surface area contributed by atoms with Crippen LogP contribution < -0.4 is 5.56 Å². The third kappa shape index (κ3) is 3.05. The van der Waals surface area contributed by atoms with E-state index in [2.05, 4.69) is 15.0 Å². The molecule has 0 spiro atoms. The fraction of sp³-hybridized carbons (Fsp3) is 0.375. The Morgan fingerprint density at radius 3 is 3.00 bits per heavy atom. The van der Waals surface area contributed by atoms with Gasteiger partial charge in [0.1, 0.15) is 11.5 Å². The molecule has 0 saturated carbocycles. The van der Waals surface area contributed by atoms with Gasteiger partial charge in [-0.2, -0.15) is 0 Å². The molecule has 1 N–H and O–H groups in total. The van der Waals surface area contributed by atoms with Crippen LogP contribution in [0.15, 0.2) is 35.3 Å². The number of H-pyrrole nitrogens is 1. The fourth-order valence-corrected chi connectivity index (χ4v) is 2.83. The first-order valence-corrected chi connectivity index (χ1v) is 7.41. The van der Waals surface area contributed by atoms with Crippen LogP contribution in [0.25, 0.3) is 0 Å². The van der Waals surface area contributed by atoms with Gasteiger partial charge in [-0.3, -0.25) is 14.6 Å². The number of carbonyl (C=O) groups is 1. The molecule has 0 radical (unpaired) electrons. The maximum Gasteiger partial charge on any atom is 0.272 e. The van der Waals surface area contributed by atoms with Gasteiger partial charge in [-0.05, 0) is 31.9 Å². The maximum atomic E-state index is 12.5. The first-order chi connectivity index (χ1) is 10.6. The summed E-state index contributed by atoms with van der Waals surface area (Å²) < 4.78 is 0. The molecule has 114 valence electrons. The molecule has 1 aliphatic heterocycles. The number of likely N-dealkylation sites (tertiary alicyclic amines) is 1. The van der Waals surface area contributed by atoms with Crippen LogP contribution >= 0.6 is 0 Å². The molecule has 22 heavy (non-hydrogen) atoms. The van der Waals surface area contributed by atoms with Gasteiger partial charge in [0.25, 0.3) is 11.5 Å². The molecule has 0 bridgehead atoms. The average molecular weight is 298 g/mol. The van der Waals surface area contributed by atoms with Gasteiger partial charge in [0.15, 0.2) is 0 Å². The number of hydrogen-bond acceptors (Lipinski definition) is 4. The van der Waals surface area contributed by atoms with Crippen LogP contribution in [0.2, 0.25) is 0 Å². The molecule has 0 aromatic carbocycles. The minimum Gasteiger partial charge on any atom is -0.337 e. The lowest BCUT2D eigenvalue weighted by atomic mass is 9.96. The van der Waals surface area contributed by atoms with E-state index in [4.69, 9.17) is 0 Å². The number of carbonyl (C=O) groups excluding carboxylic acids is 1. The minimum absolute atomic E-state index is 0.0639. The van der Waals surface area contributed by atoms with Gasteiger partial charge in [0, 0.05) is 37.0 Å². The Morgan fingerprint density at radius 2 is 2.27 bits per heavy atom. The molecule has 1 aliphatic rings. The SMILES string of the molecule is Cc1cc(=O)[nH]c(C2CCCN(C(=O)c3ccccn3)C2)n1. The van der Waals surface area contributed by atoms with Crippen LogP contribution in [0, 0.1) is 6.92 Å². The predicted molar refractivity (Wildman–Crippen MR) is 81.7 cm³/mol. The van der Waals surface area contributed by atoms with Gasteiger partial charge in [0.2, 0.25) is 0 Å². The number of nitrogens with zero attached hydrogens (tertiary/aromatic N) is 3. The average Bonchev–Trinajstić information content (AvgIpc) is 2.54. The number of amides is 1. The van der Waals surface area contributed by atoms with E-state index in [1.54, 1.807) is 36.2 Å². The van der Waals surface area contributed by atoms with Crippen LogP contribution in [-0.2, 0) is 0 Å². The molecule has 0 aliphatic carbocycles. The molecular weight excluding hydrogens is 280 g/mol. The van der Waals surface area contributed by atoms with Crippen molar-refractivity contribution in [3.8, 4) is 0 Å². The van der Waals surface area contributed by atoms with Crippen molar-refractivity contribution < 1.29 is 4.79 Å². The Hall–Kier alpha value is -2.50. The van der Waals surface area contributed by atoms with E-state index in [1.807, 2.05) is 0 Å². The monoisotopic (exact) mass is 298 g/mol. The summed E-state index contributed by atoms with van der Waals surface area (Å²) in [5, 5.41) is 0. The highest BCUT2D eigenvalue weighted by molar-refractivity contribution is 5.92. The Bertz CT molecular complexity index is 726. The van der Waals surface area contributed by atoms with Gasteiger partial charge in [-0.1, -0.05) is 6.07 Å². The molecular formula is C16H18N4O2. The van der Waals surface area contributed by atoms with Crippen LogP contribution in [-0.4, -0.2) is 38.8 Å². The second kappa shape index (κ2) is 6.09. The lowest BCUT2D eigenvalue weighted by Gasteiger charge is -2.32. The normalized spacial score (nSPS) is 18.2. The smallest absolute Gasteiger partial charge is 0.272 e. The molecule has 1 amide bonds. The second-order valence-electron chi connectivity index (χ2n) is 5.58. The molecule has 2 aromatic heterocycles. The summed E-state index contributed by atoms with van der Waals surface area (Å²) in [7, 11) is 0. The topological polar surface area (TPSA) is 79.0 Å². The highest BCUT2D eigenvalue weighted by atomic mass is 16.2. The lowest BCUT2D eigenvalue weighted by molar-refractivity contribution is 0.0698. The number of aromatic amines is 1. The van der Waals surface area contributed by atoms with E-state index in [0.717, 1.165) is 12.8 Å². The van der Waals surface area contributed by atoms with Crippen molar-refractivity contribution in [2.45, 2.75) is 25.7 Å². The zero-order chi connectivity index (χ0) is 15.5. The van der Waals surface area contributed by atoms with Crippen molar-refractivity contribution in [1.82, 2.24) is 19.9 Å². The molecule has 3 heterocycles. The number of nitrogens with one attached hydrogen (secondary N) is 1. The van der Waals surface area contributed by atoms with E-state index in [-0.39, 0.29) is 17.4 Å². The van der Waals surface area contributed by atoms with E-state index >= 15 is 0 Å². The van der Waals surface area contributed by atoms with Gasteiger partial charge >= 0.3 is 0 Å². The molecule has 1 unspecified atom stereocenters.